The van der Waals surface area contributed by atoms with Gasteiger partial charge >= 0.3 is 55.0 Å². The Morgan fingerprint density at radius 2 is 1.04 bits per heavy atom. The number of aliphatic carboxylic acids is 1. The fourth-order valence-electron chi connectivity index (χ4n) is 16.0. The van der Waals surface area contributed by atoms with Crippen LogP contribution in [0.5, 0.6) is 0 Å². The molecule has 6 aromatic carbocycles. The van der Waals surface area contributed by atoms with E-state index in [-0.39, 0.29) is 83.1 Å². The van der Waals surface area contributed by atoms with Crippen molar-refractivity contribution >= 4 is 89.3 Å². The zero-order valence-electron chi connectivity index (χ0n) is 71.8. The fourth-order valence-corrected chi connectivity index (χ4v) is 16.0. The molecule has 123 heavy (non-hydrogen) atoms. The Hall–Kier alpha value is -12.1. The van der Waals surface area contributed by atoms with Crippen LogP contribution in [0.2, 0.25) is 0 Å². The number of oxime groups is 3. The fraction of sp³-hybridized carbons (Fsp3) is 0.404. The Kier molecular flexibility index (Phi) is 30.8. The van der Waals surface area contributed by atoms with Crippen LogP contribution in [0.4, 0.5) is 14.4 Å². The number of carboxylic acid groups (broad SMARTS) is 1. The summed E-state index contributed by atoms with van der Waals surface area (Å²) in [5, 5.41) is 31.7. The average molecular weight is 1670 g/mol. The quantitative estimate of drug-likeness (QED) is 0.0220. The van der Waals surface area contributed by atoms with Crippen LogP contribution in [0.3, 0.4) is 0 Å². The number of amides is 6. The van der Waals surface area contributed by atoms with Gasteiger partial charge in [-0.15, -0.1) is 6.58 Å². The van der Waals surface area contributed by atoms with E-state index in [2.05, 4.69) is 81.0 Å². The first kappa shape index (κ1) is 93.2. The molecule has 0 spiro atoms. The maximum absolute atomic E-state index is 13.9. The van der Waals surface area contributed by atoms with E-state index in [0.29, 0.717) is 55.7 Å². The van der Waals surface area contributed by atoms with Crippen molar-refractivity contribution in [2.75, 3.05) is 53.7 Å². The second-order valence-corrected chi connectivity index (χ2v) is 34.1. The maximum Gasteiger partial charge on any atom is 1.00 e. The summed E-state index contributed by atoms with van der Waals surface area (Å²) < 4.78 is 26.0. The molecular formula is C94H108LiN9O19. The van der Waals surface area contributed by atoms with E-state index < -0.39 is 125 Å². The second kappa shape index (κ2) is 40.7. The number of hydrogen-bond acceptors (Lipinski definition) is 21. The summed E-state index contributed by atoms with van der Waals surface area (Å²) >= 11 is 0. The van der Waals surface area contributed by atoms with Gasteiger partial charge < -0.3 is 79.4 Å². The Bertz CT molecular complexity index is 5130. The number of carbonyl (C=O) groups is 9. The number of ether oxygens (including phenoxy) is 5. The van der Waals surface area contributed by atoms with Gasteiger partial charge in [-0.05, 0) is 123 Å². The van der Waals surface area contributed by atoms with Gasteiger partial charge in [0, 0.05) is 52.6 Å². The van der Waals surface area contributed by atoms with Crippen LogP contribution < -0.4 is 34.8 Å². The summed E-state index contributed by atoms with van der Waals surface area (Å²) in [7, 11) is 2.57. The van der Waals surface area contributed by atoms with Crippen LogP contribution in [0.1, 0.15) is 170 Å². The number of fused-ring (bicyclic) bond motifs is 15. The molecule has 0 unspecified atom stereocenters. The first-order chi connectivity index (χ1) is 57.9. The minimum atomic E-state index is -1.13. The Labute approximate surface area is 729 Å². The molecule has 5 aliphatic heterocycles. The number of allylic oxidation sites excluding steroid dienone is 3. The number of esters is 2. The van der Waals surface area contributed by atoms with Crippen LogP contribution in [-0.4, -0.2) is 205 Å². The molecule has 644 valence electrons. The molecule has 29 heteroatoms. The van der Waals surface area contributed by atoms with Crippen molar-refractivity contribution in [3.63, 3.8) is 0 Å². The molecule has 5 N–H and O–H groups in total. The number of benzene rings is 6. The van der Waals surface area contributed by atoms with Crippen molar-refractivity contribution in [2.24, 2.45) is 31.7 Å². The molecule has 0 aromatic heterocycles. The molecule has 3 fully saturated rings. The van der Waals surface area contributed by atoms with Gasteiger partial charge in [-0.3, -0.25) is 14.4 Å². The summed E-state index contributed by atoms with van der Waals surface area (Å²) in [6, 6.07) is 36.7. The summed E-state index contributed by atoms with van der Waals surface area (Å²) in [5.41, 5.74) is 15.1. The van der Waals surface area contributed by atoms with Gasteiger partial charge in [0.2, 0.25) is 17.7 Å². The van der Waals surface area contributed by atoms with Gasteiger partial charge in [0.05, 0.1) is 53.7 Å². The van der Waals surface area contributed by atoms with E-state index in [1.807, 2.05) is 178 Å². The van der Waals surface area contributed by atoms with E-state index >= 15 is 0 Å². The number of cyclic esters (lactones) is 2. The van der Waals surface area contributed by atoms with Crippen molar-refractivity contribution in [3.05, 3.63) is 209 Å². The predicted molar refractivity (Wildman–Crippen MR) is 460 cm³/mol. The molecule has 28 nitrogen and oxygen atoms in total. The molecule has 8 aliphatic rings. The zero-order chi connectivity index (χ0) is 86.6. The van der Waals surface area contributed by atoms with Crippen molar-refractivity contribution in [3.8, 4) is 33.4 Å². The van der Waals surface area contributed by atoms with Crippen molar-refractivity contribution < 1.29 is 111 Å². The van der Waals surface area contributed by atoms with Crippen LogP contribution in [0.15, 0.2) is 174 Å². The molecule has 0 radical (unpaired) electrons. The predicted octanol–water partition coefficient (Wildman–Crippen LogP) is 11.1. The number of unbranched alkanes of at least 4 members (excludes halogenated alkanes) is 1. The Balaban J connectivity index is 0.000000192. The first-order valence-corrected chi connectivity index (χ1v) is 41.0. The smallest absolute Gasteiger partial charge is 0.870 e. The molecule has 3 aliphatic carbocycles. The number of nitrogens with zero attached hydrogens (tertiary/aromatic N) is 6. The van der Waals surface area contributed by atoms with Crippen molar-refractivity contribution in [2.45, 2.75) is 175 Å². The topological polar surface area (TPSA) is 361 Å². The van der Waals surface area contributed by atoms with Gasteiger partial charge in [-0.25, -0.2) is 28.8 Å². The van der Waals surface area contributed by atoms with Crippen LogP contribution in [-0.2, 0) is 67.0 Å². The van der Waals surface area contributed by atoms with Gasteiger partial charge in [-0.2, -0.15) is 0 Å². The van der Waals surface area contributed by atoms with Crippen molar-refractivity contribution in [1.29, 1.82) is 0 Å². The van der Waals surface area contributed by atoms with Crippen LogP contribution in [0.25, 0.3) is 51.6 Å². The van der Waals surface area contributed by atoms with Gasteiger partial charge in [0.25, 0.3) is 0 Å². The Morgan fingerprint density at radius 1 is 0.585 bits per heavy atom. The third-order valence-corrected chi connectivity index (χ3v) is 22.3. The van der Waals surface area contributed by atoms with E-state index in [1.54, 1.807) is 12.2 Å². The maximum atomic E-state index is 13.9. The van der Waals surface area contributed by atoms with E-state index in [4.69, 9.17) is 38.2 Å². The number of methoxy groups -OCH3 is 2. The molecule has 6 amide bonds. The number of carboxylic acids is 1. The van der Waals surface area contributed by atoms with Gasteiger partial charge in [0.15, 0.2) is 0 Å². The number of likely N-dealkylation sites (tertiary alicyclic amines) is 1. The third-order valence-electron chi connectivity index (χ3n) is 22.3. The molecule has 9 atom stereocenters. The van der Waals surface area contributed by atoms with Gasteiger partial charge in [-0.1, -0.05) is 230 Å². The zero-order valence-corrected chi connectivity index (χ0v) is 71.8. The Morgan fingerprint density at radius 3 is 1.52 bits per heavy atom. The standard InChI is InChI=1S/C33H39N3O6.C31H35N3O6.C30H33N3O6.Li.H2O/c1-7-9-12-17-41-32(39)34-29(33(3,4)5)30(37)36-20-22(19-27(36)31(38)40-6)42-35-28-25-14-11-10-13-23(25)24-16-15-21(8-2)18-26(24)28;1-31(2,3)27-28(35)34-18-20(17-25(34)29(36)38-4)40-33-26-23-12-8-7-11-21(23)22-14-13-19(16-24(22)26)10-6-5-9-15-39-30(37)32-27;1-30(2,3)26-27(34)33-17-19(16-24(33)28(35)36)39-32-25-22-11-7-6-10-20(22)21-13-12-18(15-23(21)25)9-5-4-8-14-38-29(37)31-26;;/h7-8,10-11,13-16,18,22,27,29H,1-2,9,12,17,19-20H2,3-6H3,(H,34,39);6-8,10-14,16,20,25,27H,5,9,15,17-18H2,1-4H3,(H,32,37);5-7,9-13,15,19,24,26H,4,8,14,16-17H2,1-3H3,(H,31,37)(H,35,36);;1H2/q;;;+1;/p-1/b;10-6+,33-26?;9-5+,32-25?;;/t22-,27+,29-;20-,25+,27-;19-,24+,26-;;/m111../s1. The molecule has 5 heterocycles. The van der Waals surface area contributed by atoms with Crippen molar-refractivity contribution in [1.82, 2.24) is 30.7 Å². The minimum absolute atomic E-state index is 0. The summed E-state index contributed by atoms with van der Waals surface area (Å²) in [4.78, 5) is 139. The molecular weight excluding hydrogens is 1570 g/mol. The number of rotatable bonds is 12. The van der Waals surface area contributed by atoms with E-state index in [1.165, 1.54) is 28.9 Å². The number of carbonyl (C=O) groups excluding carboxylic acids is 8. The molecule has 14 rings (SSSR count). The average Bonchev–Trinajstić information content (AvgIpc) is 1.62. The summed E-state index contributed by atoms with van der Waals surface area (Å²) in [6.07, 6.45) is 12.3. The SMILES string of the molecule is C=CCCCOC(=O)N[C@H](C(=O)N1C[C@H](ON=C2c3ccccc3-c3ccc(C=C)cc32)C[C@H]1C(=O)OC)C(C)(C)C.CC(C)(C)[C@@H]1NC(=O)OCCC/C=C/c2ccc3c(c2)C(=NO[C@@H]2C[C@@H](C(=O)O)N(C2)C1=O)c1ccccc1-3.COC(=O)[C@@H]1C[C@@H]2CN1C(=O)[C@H](C(C)(C)C)NC(=O)OCCC/C=C/c1ccc3c(c1)C(=NO2)c1ccccc1-3.[Li+].[OH-]. The third kappa shape index (κ3) is 21.7. The number of hydrogen-bond donors (Lipinski definition) is 4. The van der Waals surface area contributed by atoms with E-state index in [9.17, 15) is 48.3 Å². The largest absolute Gasteiger partial charge is 1.00 e. The summed E-state index contributed by atoms with van der Waals surface area (Å²) in [5.74, 6) is -3.56. The van der Waals surface area contributed by atoms with Gasteiger partial charge in [0.1, 0.15) is 71.7 Å². The minimum Gasteiger partial charge on any atom is -0.870 e. The summed E-state index contributed by atoms with van der Waals surface area (Å²) in [6.45, 7) is 24.9. The number of alkyl carbamates (subject to hydrolysis) is 3. The molecule has 0 saturated carbocycles. The first-order valence-electron chi connectivity index (χ1n) is 41.0. The molecule has 6 aromatic rings. The molecule has 3 saturated heterocycles. The van der Waals surface area contributed by atoms with E-state index in [0.717, 1.165) is 83.5 Å². The molecule has 8 bridgehead atoms. The normalized spacial score (nSPS) is 21.9. The monoisotopic (exact) mass is 1670 g/mol. The number of nitrogens with one attached hydrogen (secondary N) is 3. The van der Waals surface area contributed by atoms with Crippen LogP contribution >= 0.6 is 0 Å². The van der Waals surface area contributed by atoms with Crippen LogP contribution in [0, 0.1) is 16.2 Å². The second-order valence-electron chi connectivity index (χ2n) is 34.1.